The van der Waals surface area contributed by atoms with Crippen molar-refractivity contribution in [3.8, 4) is 5.75 Å². The van der Waals surface area contributed by atoms with E-state index in [9.17, 15) is 0 Å². The van der Waals surface area contributed by atoms with Crippen molar-refractivity contribution in [1.82, 2.24) is 5.32 Å². The first kappa shape index (κ1) is 16.4. The fourth-order valence-corrected chi connectivity index (χ4v) is 1.92. The number of nitrogens with one attached hydrogen (secondary N) is 1. The van der Waals surface area contributed by atoms with Crippen LogP contribution in [0, 0.1) is 0 Å². The molecule has 5 heteroatoms. The second-order valence-corrected chi connectivity index (χ2v) is 4.82. The third-order valence-corrected chi connectivity index (χ3v) is 3.29. The number of benzene rings is 1. The van der Waals surface area contributed by atoms with Gasteiger partial charge < -0.3 is 19.5 Å². The largest absolute Gasteiger partial charge is 0.491 e. The van der Waals surface area contributed by atoms with Gasteiger partial charge >= 0.3 is 0 Å². The van der Waals surface area contributed by atoms with Crippen molar-refractivity contribution in [2.24, 2.45) is 0 Å². The fourth-order valence-electron chi connectivity index (χ4n) is 1.54. The SMILES string of the molecule is CCOCCOc1ccc(Br)c(CNCCOC)c1. The number of hydrogen-bond donors (Lipinski definition) is 1. The Morgan fingerprint density at radius 3 is 2.79 bits per heavy atom. The zero-order valence-corrected chi connectivity index (χ0v) is 13.2. The van der Waals surface area contributed by atoms with E-state index in [4.69, 9.17) is 14.2 Å². The molecule has 4 nitrogen and oxygen atoms in total. The van der Waals surface area contributed by atoms with Gasteiger partial charge in [0, 0.05) is 31.3 Å². The lowest BCUT2D eigenvalue weighted by Gasteiger charge is -2.10. The molecule has 1 aromatic carbocycles. The van der Waals surface area contributed by atoms with Crippen molar-refractivity contribution < 1.29 is 14.2 Å². The van der Waals surface area contributed by atoms with Crippen molar-refractivity contribution >= 4 is 15.9 Å². The lowest BCUT2D eigenvalue weighted by atomic mass is 10.2. The van der Waals surface area contributed by atoms with E-state index in [-0.39, 0.29) is 0 Å². The third kappa shape index (κ3) is 6.92. The molecule has 0 amide bonds. The van der Waals surface area contributed by atoms with Crippen LogP contribution < -0.4 is 10.1 Å². The second-order valence-electron chi connectivity index (χ2n) is 3.97. The highest BCUT2D eigenvalue weighted by atomic mass is 79.9. The van der Waals surface area contributed by atoms with Crippen molar-refractivity contribution in [1.29, 1.82) is 0 Å². The molecule has 1 aromatic rings. The quantitative estimate of drug-likeness (QED) is 0.669. The van der Waals surface area contributed by atoms with Gasteiger partial charge in [-0.05, 0) is 30.7 Å². The van der Waals surface area contributed by atoms with Gasteiger partial charge in [0.15, 0.2) is 0 Å². The maximum absolute atomic E-state index is 5.63. The molecule has 19 heavy (non-hydrogen) atoms. The summed E-state index contributed by atoms with van der Waals surface area (Å²) in [5.74, 6) is 0.867. The number of hydrogen-bond acceptors (Lipinski definition) is 4. The van der Waals surface area contributed by atoms with Gasteiger partial charge in [-0.2, -0.15) is 0 Å². The van der Waals surface area contributed by atoms with Gasteiger partial charge in [0.25, 0.3) is 0 Å². The monoisotopic (exact) mass is 331 g/mol. The van der Waals surface area contributed by atoms with Gasteiger partial charge in [0.2, 0.25) is 0 Å². The Hall–Kier alpha value is -0.620. The molecular weight excluding hydrogens is 310 g/mol. The minimum absolute atomic E-state index is 0.575. The number of ether oxygens (including phenoxy) is 3. The summed E-state index contributed by atoms with van der Waals surface area (Å²) in [6, 6.07) is 5.99. The van der Waals surface area contributed by atoms with E-state index in [2.05, 4.69) is 21.2 Å². The van der Waals surface area contributed by atoms with E-state index in [1.807, 2.05) is 25.1 Å². The smallest absolute Gasteiger partial charge is 0.119 e. The first-order valence-electron chi connectivity index (χ1n) is 6.46. The molecule has 1 N–H and O–H groups in total. The molecule has 1 rings (SSSR count). The Kier molecular flexibility index (Phi) is 8.82. The van der Waals surface area contributed by atoms with E-state index >= 15 is 0 Å². The topological polar surface area (TPSA) is 39.7 Å². The van der Waals surface area contributed by atoms with Gasteiger partial charge in [-0.3, -0.25) is 0 Å². The average Bonchev–Trinajstić information content (AvgIpc) is 2.42. The summed E-state index contributed by atoms with van der Waals surface area (Å²) in [6.45, 7) is 6.22. The normalized spacial score (nSPS) is 10.7. The summed E-state index contributed by atoms with van der Waals surface area (Å²) < 4.78 is 16.9. The lowest BCUT2D eigenvalue weighted by molar-refractivity contribution is 0.110. The van der Waals surface area contributed by atoms with Crippen LogP contribution in [0.25, 0.3) is 0 Å². The van der Waals surface area contributed by atoms with Crippen molar-refractivity contribution in [3.05, 3.63) is 28.2 Å². The Labute approximate surface area is 123 Å². The Balaban J connectivity index is 2.42. The molecule has 0 saturated heterocycles. The number of halogens is 1. The van der Waals surface area contributed by atoms with Crippen LogP contribution in [0.1, 0.15) is 12.5 Å². The maximum atomic E-state index is 5.63. The highest BCUT2D eigenvalue weighted by Gasteiger charge is 2.02. The summed E-state index contributed by atoms with van der Waals surface area (Å²) in [6.07, 6.45) is 0. The van der Waals surface area contributed by atoms with Crippen molar-refractivity contribution in [3.63, 3.8) is 0 Å². The predicted molar refractivity (Wildman–Crippen MR) is 79.7 cm³/mol. The lowest BCUT2D eigenvalue weighted by Crippen LogP contribution is -2.18. The molecule has 0 spiro atoms. The second kappa shape index (κ2) is 10.2. The number of rotatable bonds is 10. The molecule has 108 valence electrons. The van der Waals surface area contributed by atoms with Crippen molar-refractivity contribution in [2.45, 2.75) is 13.5 Å². The maximum Gasteiger partial charge on any atom is 0.119 e. The van der Waals surface area contributed by atoms with Crippen LogP contribution in [0.5, 0.6) is 5.75 Å². The molecule has 0 bridgehead atoms. The Morgan fingerprint density at radius 1 is 1.21 bits per heavy atom. The third-order valence-electron chi connectivity index (χ3n) is 2.52. The summed E-state index contributed by atoms with van der Waals surface area (Å²) in [5, 5.41) is 3.31. The zero-order valence-electron chi connectivity index (χ0n) is 11.6. The molecule has 0 unspecified atom stereocenters. The zero-order chi connectivity index (χ0) is 13.9. The van der Waals surface area contributed by atoms with E-state index in [1.54, 1.807) is 7.11 Å². The van der Waals surface area contributed by atoms with E-state index in [0.717, 1.165) is 29.9 Å². The highest BCUT2D eigenvalue weighted by Crippen LogP contribution is 2.22. The number of methoxy groups -OCH3 is 1. The van der Waals surface area contributed by atoms with E-state index in [0.29, 0.717) is 19.8 Å². The summed E-state index contributed by atoms with van der Waals surface area (Å²) in [4.78, 5) is 0. The molecule has 0 fully saturated rings. The summed E-state index contributed by atoms with van der Waals surface area (Å²) >= 11 is 3.54. The van der Waals surface area contributed by atoms with Gasteiger partial charge in [0.1, 0.15) is 12.4 Å². The summed E-state index contributed by atoms with van der Waals surface area (Å²) in [5.41, 5.74) is 1.17. The van der Waals surface area contributed by atoms with Crippen LogP contribution in [0.2, 0.25) is 0 Å². The first-order chi connectivity index (χ1) is 9.27. The van der Waals surface area contributed by atoms with Crippen molar-refractivity contribution in [2.75, 3.05) is 40.1 Å². The standard InChI is InChI=1S/C14H22BrNO3/c1-3-18-8-9-19-13-4-5-14(15)12(10-13)11-16-6-7-17-2/h4-5,10,16H,3,6-9,11H2,1-2H3. The van der Waals surface area contributed by atoms with Crippen LogP contribution >= 0.6 is 15.9 Å². The fraction of sp³-hybridized carbons (Fsp3) is 0.571. The summed E-state index contributed by atoms with van der Waals surface area (Å²) in [7, 11) is 1.70. The van der Waals surface area contributed by atoms with Crippen LogP contribution in [-0.2, 0) is 16.0 Å². The molecule has 0 aromatic heterocycles. The van der Waals surface area contributed by atoms with Gasteiger partial charge in [0.05, 0.1) is 13.2 Å². The van der Waals surface area contributed by atoms with Crippen LogP contribution in [0.15, 0.2) is 22.7 Å². The Morgan fingerprint density at radius 2 is 2.05 bits per heavy atom. The Bertz CT molecular complexity index is 361. The minimum atomic E-state index is 0.575. The van der Waals surface area contributed by atoms with E-state index in [1.165, 1.54) is 5.56 Å². The average molecular weight is 332 g/mol. The molecule has 0 saturated carbocycles. The van der Waals surface area contributed by atoms with Gasteiger partial charge in [-0.1, -0.05) is 15.9 Å². The van der Waals surface area contributed by atoms with Crippen LogP contribution in [-0.4, -0.2) is 40.1 Å². The van der Waals surface area contributed by atoms with Gasteiger partial charge in [-0.25, -0.2) is 0 Å². The highest BCUT2D eigenvalue weighted by molar-refractivity contribution is 9.10. The molecule has 0 aliphatic carbocycles. The first-order valence-corrected chi connectivity index (χ1v) is 7.25. The molecular formula is C14H22BrNO3. The predicted octanol–water partition coefficient (Wildman–Crippen LogP) is 2.60. The molecule has 0 aliphatic heterocycles. The molecule has 0 radical (unpaired) electrons. The van der Waals surface area contributed by atoms with E-state index < -0.39 is 0 Å². The minimum Gasteiger partial charge on any atom is -0.491 e. The molecule has 0 heterocycles. The molecule has 0 aliphatic rings. The van der Waals surface area contributed by atoms with Gasteiger partial charge in [-0.15, -0.1) is 0 Å². The van der Waals surface area contributed by atoms with Crippen LogP contribution in [0.4, 0.5) is 0 Å². The van der Waals surface area contributed by atoms with Crippen LogP contribution in [0.3, 0.4) is 0 Å². The molecule has 0 atom stereocenters.